The highest BCUT2D eigenvalue weighted by atomic mass is 32.2. The molecule has 0 unspecified atom stereocenters. The lowest BCUT2D eigenvalue weighted by Gasteiger charge is -2.19. The summed E-state index contributed by atoms with van der Waals surface area (Å²) in [7, 11) is 0. The first-order valence-electron chi connectivity index (χ1n) is 7.88. The second-order valence-electron chi connectivity index (χ2n) is 5.90. The van der Waals surface area contributed by atoms with E-state index in [2.05, 4.69) is 77.0 Å². The van der Waals surface area contributed by atoms with Crippen molar-refractivity contribution in [2.75, 3.05) is 0 Å². The van der Waals surface area contributed by atoms with Crippen LogP contribution in [0.25, 0.3) is 0 Å². The molecule has 1 aliphatic rings. The molecule has 0 spiro atoms. The topological polar surface area (TPSA) is 43.6 Å². The quantitative estimate of drug-likeness (QED) is 0.660. The van der Waals surface area contributed by atoms with E-state index in [9.17, 15) is 0 Å². The van der Waals surface area contributed by atoms with E-state index in [1.54, 1.807) is 11.8 Å². The minimum absolute atomic E-state index is 0.195. The minimum Gasteiger partial charge on any atom is -0.217 e. The highest BCUT2D eigenvalue weighted by Gasteiger charge is 2.29. The van der Waals surface area contributed by atoms with Gasteiger partial charge in [-0.3, -0.25) is 0 Å². The van der Waals surface area contributed by atoms with Crippen LogP contribution in [0.4, 0.5) is 0 Å². The smallest absolute Gasteiger partial charge is 0.210 e. The second kappa shape index (κ2) is 6.16. The van der Waals surface area contributed by atoms with E-state index in [1.165, 1.54) is 29.5 Å². The maximum absolute atomic E-state index is 4.26. The van der Waals surface area contributed by atoms with E-state index >= 15 is 0 Å². The summed E-state index contributed by atoms with van der Waals surface area (Å²) >= 11 is 1.74. The molecule has 1 atom stereocenters. The number of aromatic nitrogens is 4. The Morgan fingerprint density at radius 3 is 2.52 bits per heavy atom. The van der Waals surface area contributed by atoms with Gasteiger partial charge in [0.1, 0.15) is 0 Å². The third-order valence-electron chi connectivity index (χ3n) is 4.15. The van der Waals surface area contributed by atoms with Crippen LogP contribution in [0.3, 0.4) is 0 Å². The summed E-state index contributed by atoms with van der Waals surface area (Å²) in [5.41, 5.74) is 3.88. The molecule has 1 saturated carbocycles. The third kappa shape index (κ3) is 3.01. The van der Waals surface area contributed by atoms with E-state index in [4.69, 9.17) is 0 Å². The van der Waals surface area contributed by atoms with Gasteiger partial charge < -0.3 is 0 Å². The Labute approximate surface area is 139 Å². The zero-order chi connectivity index (χ0) is 15.6. The fourth-order valence-electron chi connectivity index (χ4n) is 2.74. The molecule has 116 valence electrons. The number of aryl methyl sites for hydroxylation is 1. The number of rotatable bonds is 5. The van der Waals surface area contributed by atoms with Crippen LogP contribution in [0.1, 0.15) is 40.8 Å². The fraction of sp³-hybridized carbons (Fsp3) is 0.278. The van der Waals surface area contributed by atoms with Crippen LogP contribution in [0.15, 0.2) is 59.8 Å². The van der Waals surface area contributed by atoms with Gasteiger partial charge >= 0.3 is 0 Å². The van der Waals surface area contributed by atoms with Crippen molar-refractivity contribution in [2.45, 2.75) is 36.2 Å². The van der Waals surface area contributed by atoms with Crippen molar-refractivity contribution < 1.29 is 0 Å². The molecule has 5 heteroatoms. The molecule has 2 aromatic carbocycles. The lowest BCUT2D eigenvalue weighted by atomic mass is 10.0. The molecule has 1 aliphatic carbocycles. The number of thioether (sulfide) groups is 1. The first kappa shape index (κ1) is 14.5. The predicted octanol–water partition coefficient (Wildman–Crippen LogP) is 4.20. The molecule has 1 aromatic heterocycles. The Morgan fingerprint density at radius 2 is 1.78 bits per heavy atom. The van der Waals surface area contributed by atoms with Crippen LogP contribution in [-0.4, -0.2) is 20.2 Å². The van der Waals surface area contributed by atoms with Crippen molar-refractivity contribution in [1.82, 2.24) is 20.2 Å². The SMILES string of the molecule is Cc1ccccc1[C@H](Sc1nnnn1C1CC1)c1ccccc1. The Morgan fingerprint density at radius 1 is 1.04 bits per heavy atom. The van der Waals surface area contributed by atoms with Crippen molar-refractivity contribution in [1.29, 1.82) is 0 Å². The van der Waals surface area contributed by atoms with Crippen LogP contribution >= 0.6 is 11.8 Å². The van der Waals surface area contributed by atoms with Gasteiger partial charge in [0.25, 0.3) is 0 Å². The molecular formula is C18H18N4S. The van der Waals surface area contributed by atoms with Crippen molar-refractivity contribution in [3.8, 4) is 0 Å². The molecule has 4 rings (SSSR count). The molecule has 3 aromatic rings. The molecular weight excluding hydrogens is 304 g/mol. The molecule has 1 fully saturated rings. The lowest BCUT2D eigenvalue weighted by molar-refractivity contribution is 0.565. The molecule has 0 bridgehead atoms. The first-order chi connectivity index (χ1) is 11.3. The zero-order valence-corrected chi connectivity index (χ0v) is 13.8. The lowest BCUT2D eigenvalue weighted by Crippen LogP contribution is -2.04. The molecule has 1 heterocycles. The Kier molecular flexibility index (Phi) is 3.87. The van der Waals surface area contributed by atoms with Crippen LogP contribution in [-0.2, 0) is 0 Å². The molecule has 0 amide bonds. The summed E-state index contributed by atoms with van der Waals surface area (Å²) in [6.45, 7) is 2.16. The largest absolute Gasteiger partial charge is 0.217 e. The number of hydrogen-bond donors (Lipinski definition) is 0. The van der Waals surface area contributed by atoms with Gasteiger partial charge in [-0.05, 0) is 46.9 Å². The Hall–Kier alpha value is -2.14. The van der Waals surface area contributed by atoms with Gasteiger partial charge in [-0.15, -0.1) is 5.10 Å². The molecule has 0 aliphatic heterocycles. The maximum atomic E-state index is 4.26. The van der Waals surface area contributed by atoms with Gasteiger partial charge in [0.2, 0.25) is 5.16 Å². The predicted molar refractivity (Wildman–Crippen MR) is 91.4 cm³/mol. The molecule has 23 heavy (non-hydrogen) atoms. The Bertz CT molecular complexity index is 796. The van der Waals surface area contributed by atoms with E-state index in [-0.39, 0.29) is 5.25 Å². The average Bonchev–Trinajstić information content (AvgIpc) is 3.33. The fourth-order valence-corrected chi connectivity index (χ4v) is 4.01. The van der Waals surface area contributed by atoms with Crippen LogP contribution in [0, 0.1) is 6.92 Å². The van der Waals surface area contributed by atoms with E-state index in [0.29, 0.717) is 6.04 Å². The maximum Gasteiger partial charge on any atom is 0.210 e. The summed E-state index contributed by atoms with van der Waals surface area (Å²) in [6.07, 6.45) is 2.36. The van der Waals surface area contributed by atoms with Gasteiger partial charge in [-0.2, -0.15) is 0 Å². The van der Waals surface area contributed by atoms with Gasteiger partial charge in [0, 0.05) is 0 Å². The van der Waals surface area contributed by atoms with Crippen LogP contribution in [0.2, 0.25) is 0 Å². The summed E-state index contributed by atoms with van der Waals surface area (Å²) in [5.74, 6) is 0. The molecule has 0 saturated heterocycles. The van der Waals surface area contributed by atoms with E-state index in [1.807, 2.05) is 4.68 Å². The number of nitrogens with zero attached hydrogens (tertiary/aromatic N) is 4. The Balaban J connectivity index is 1.73. The van der Waals surface area contributed by atoms with Gasteiger partial charge in [-0.25, -0.2) is 4.68 Å². The van der Waals surface area contributed by atoms with Crippen LogP contribution < -0.4 is 0 Å². The summed E-state index contributed by atoms with van der Waals surface area (Å²) in [5, 5.41) is 13.4. The summed E-state index contributed by atoms with van der Waals surface area (Å²) < 4.78 is 1.98. The van der Waals surface area contributed by atoms with Crippen molar-refractivity contribution in [3.63, 3.8) is 0 Å². The van der Waals surface area contributed by atoms with Gasteiger partial charge in [0.05, 0.1) is 11.3 Å². The third-order valence-corrected chi connectivity index (χ3v) is 5.39. The highest BCUT2D eigenvalue weighted by Crippen LogP contribution is 2.43. The first-order valence-corrected chi connectivity index (χ1v) is 8.76. The van der Waals surface area contributed by atoms with Gasteiger partial charge in [-0.1, -0.05) is 66.4 Å². The highest BCUT2D eigenvalue weighted by molar-refractivity contribution is 7.99. The zero-order valence-electron chi connectivity index (χ0n) is 13.0. The monoisotopic (exact) mass is 322 g/mol. The minimum atomic E-state index is 0.195. The summed E-state index contributed by atoms with van der Waals surface area (Å²) in [6, 6.07) is 19.6. The van der Waals surface area contributed by atoms with Crippen molar-refractivity contribution in [2.24, 2.45) is 0 Å². The van der Waals surface area contributed by atoms with Crippen LogP contribution in [0.5, 0.6) is 0 Å². The van der Waals surface area contributed by atoms with Crippen molar-refractivity contribution in [3.05, 3.63) is 71.3 Å². The number of hydrogen-bond acceptors (Lipinski definition) is 4. The molecule has 0 radical (unpaired) electrons. The molecule has 4 nitrogen and oxygen atoms in total. The van der Waals surface area contributed by atoms with E-state index < -0.39 is 0 Å². The standard InChI is InChI=1S/C18H18N4S/c1-13-7-5-6-10-16(13)17(14-8-3-2-4-9-14)23-18-19-20-21-22(18)15-11-12-15/h2-10,15,17H,11-12H2,1H3/t17-/m1/s1. The number of tetrazole rings is 1. The number of benzene rings is 2. The van der Waals surface area contributed by atoms with E-state index in [0.717, 1.165) is 5.16 Å². The normalized spacial score (nSPS) is 15.5. The second-order valence-corrected chi connectivity index (χ2v) is 6.97. The summed E-state index contributed by atoms with van der Waals surface area (Å²) in [4.78, 5) is 0. The average molecular weight is 322 g/mol. The molecule has 0 N–H and O–H groups in total. The van der Waals surface area contributed by atoms with Crippen molar-refractivity contribution >= 4 is 11.8 Å². The van der Waals surface area contributed by atoms with Gasteiger partial charge in [0.15, 0.2) is 0 Å².